The number of aliphatic hydroxyl groups excluding tert-OH is 1. The predicted molar refractivity (Wildman–Crippen MR) is 91.0 cm³/mol. The molecule has 0 fully saturated rings. The number of nitriles is 1. The van der Waals surface area contributed by atoms with Gasteiger partial charge in [0.1, 0.15) is 18.5 Å². The maximum absolute atomic E-state index is 10.0. The van der Waals surface area contributed by atoms with Crippen molar-refractivity contribution in [3.8, 4) is 11.8 Å². The van der Waals surface area contributed by atoms with Gasteiger partial charge in [0.05, 0.1) is 15.4 Å². The van der Waals surface area contributed by atoms with E-state index in [-0.39, 0.29) is 6.61 Å². The summed E-state index contributed by atoms with van der Waals surface area (Å²) in [4.78, 5) is 3.31. The van der Waals surface area contributed by atoms with Crippen molar-refractivity contribution in [1.29, 1.82) is 5.26 Å². The topological polar surface area (TPSA) is 56.5 Å². The van der Waals surface area contributed by atoms with Gasteiger partial charge in [-0.1, -0.05) is 0 Å². The zero-order chi connectivity index (χ0) is 15.9. The molecule has 0 bridgehead atoms. The number of nitrogens with zero attached hydrogens (tertiary/aromatic N) is 2. The van der Waals surface area contributed by atoms with Gasteiger partial charge >= 0.3 is 0 Å². The lowest BCUT2D eigenvalue weighted by Crippen LogP contribution is -2.32. The van der Waals surface area contributed by atoms with Gasteiger partial charge in [0.15, 0.2) is 0 Å². The summed E-state index contributed by atoms with van der Waals surface area (Å²) in [6, 6.07) is 13.0. The highest BCUT2D eigenvalue weighted by molar-refractivity contribution is 9.11. The Hall–Kier alpha value is -1.39. The van der Waals surface area contributed by atoms with Crippen LogP contribution in [0.1, 0.15) is 10.4 Å². The van der Waals surface area contributed by atoms with E-state index in [1.165, 1.54) is 4.88 Å². The van der Waals surface area contributed by atoms with Crippen LogP contribution in [-0.4, -0.2) is 36.3 Å². The third-order valence-electron chi connectivity index (χ3n) is 3.00. The molecule has 0 radical (unpaired) electrons. The Kier molecular flexibility index (Phi) is 6.40. The summed E-state index contributed by atoms with van der Waals surface area (Å²) < 4.78 is 6.64. The lowest BCUT2D eigenvalue weighted by atomic mass is 10.2. The molecule has 0 saturated carbocycles. The molecule has 0 aliphatic rings. The first kappa shape index (κ1) is 17.0. The Labute approximate surface area is 142 Å². The second-order valence-electron chi connectivity index (χ2n) is 5.00. The molecule has 1 N–H and O–H groups in total. The molecule has 1 heterocycles. The second kappa shape index (κ2) is 8.30. The Balaban J connectivity index is 1.74. The van der Waals surface area contributed by atoms with Crippen LogP contribution in [0.2, 0.25) is 0 Å². The number of benzene rings is 1. The summed E-state index contributed by atoms with van der Waals surface area (Å²) in [5.41, 5.74) is 0.592. The fourth-order valence-electron chi connectivity index (χ4n) is 2.00. The zero-order valence-electron chi connectivity index (χ0n) is 12.2. The molecule has 1 atom stereocenters. The summed E-state index contributed by atoms with van der Waals surface area (Å²) in [6.45, 7) is 1.56. The van der Waals surface area contributed by atoms with Crippen molar-refractivity contribution in [2.24, 2.45) is 0 Å². The number of likely N-dealkylation sites (N-methyl/N-ethyl adjacent to an activating group) is 1. The molecule has 1 unspecified atom stereocenters. The maximum Gasteiger partial charge on any atom is 0.119 e. The van der Waals surface area contributed by atoms with Crippen molar-refractivity contribution >= 4 is 27.3 Å². The van der Waals surface area contributed by atoms with E-state index in [0.29, 0.717) is 17.9 Å². The molecule has 22 heavy (non-hydrogen) atoms. The van der Waals surface area contributed by atoms with Crippen molar-refractivity contribution in [3.05, 3.63) is 50.6 Å². The monoisotopic (exact) mass is 380 g/mol. The van der Waals surface area contributed by atoms with Gasteiger partial charge in [-0.25, -0.2) is 0 Å². The Bertz CT molecular complexity index is 636. The van der Waals surface area contributed by atoms with Crippen LogP contribution in [0.15, 0.2) is 40.2 Å². The molecule has 116 valence electrons. The number of hydrogen-bond donors (Lipinski definition) is 1. The quantitative estimate of drug-likeness (QED) is 0.800. The molecule has 1 aromatic heterocycles. The van der Waals surface area contributed by atoms with Crippen molar-refractivity contribution in [2.75, 3.05) is 20.2 Å². The Morgan fingerprint density at radius 3 is 2.64 bits per heavy atom. The summed E-state index contributed by atoms with van der Waals surface area (Å²) in [7, 11) is 1.97. The Morgan fingerprint density at radius 1 is 1.32 bits per heavy atom. The number of aliphatic hydroxyl groups is 1. The van der Waals surface area contributed by atoms with Gasteiger partial charge in [-0.15, -0.1) is 11.3 Å². The first-order chi connectivity index (χ1) is 10.6. The second-order valence-corrected chi connectivity index (χ2v) is 7.55. The first-order valence-electron chi connectivity index (χ1n) is 6.80. The number of thiophene rings is 1. The number of halogens is 1. The highest BCUT2D eigenvalue weighted by Gasteiger charge is 2.10. The Morgan fingerprint density at radius 2 is 2.05 bits per heavy atom. The molecule has 2 rings (SSSR count). The predicted octanol–water partition coefficient (Wildman–Crippen LogP) is 3.25. The average molecular weight is 381 g/mol. The van der Waals surface area contributed by atoms with E-state index in [4.69, 9.17) is 10.00 Å². The number of hydrogen-bond acceptors (Lipinski definition) is 5. The van der Waals surface area contributed by atoms with Crippen LogP contribution in [0.4, 0.5) is 0 Å². The van der Waals surface area contributed by atoms with E-state index in [1.54, 1.807) is 35.6 Å². The van der Waals surface area contributed by atoms with E-state index < -0.39 is 6.10 Å². The van der Waals surface area contributed by atoms with E-state index >= 15 is 0 Å². The molecular formula is C16H17BrN2O2S. The van der Waals surface area contributed by atoms with Crippen LogP contribution < -0.4 is 4.74 Å². The van der Waals surface area contributed by atoms with E-state index in [2.05, 4.69) is 33.0 Å². The van der Waals surface area contributed by atoms with E-state index in [1.807, 2.05) is 13.1 Å². The molecule has 0 aliphatic carbocycles. The summed E-state index contributed by atoms with van der Waals surface area (Å²) in [5, 5.41) is 18.8. The van der Waals surface area contributed by atoms with Crippen LogP contribution in [0.3, 0.4) is 0 Å². The van der Waals surface area contributed by atoms with E-state index in [9.17, 15) is 5.11 Å². The van der Waals surface area contributed by atoms with Gasteiger partial charge in [-0.3, -0.25) is 4.90 Å². The van der Waals surface area contributed by atoms with Crippen molar-refractivity contribution < 1.29 is 9.84 Å². The van der Waals surface area contributed by atoms with Gasteiger partial charge in [-0.05, 0) is 59.4 Å². The third-order valence-corrected chi connectivity index (χ3v) is 4.61. The SMILES string of the molecule is CN(Cc1ccc(Br)s1)CC(O)COc1ccc(C#N)cc1. The molecule has 1 aromatic carbocycles. The lowest BCUT2D eigenvalue weighted by Gasteiger charge is -2.20. The van der Waals surface area contributed by atoms with Gasteiger partial charge in [0.25, 0.3) is 0 Å². The molecule has 0 amide bonds. The minimum absolute atomic E-state index is 0.227. The lowest BCUT2D eigenvalue weighted by molar-refractivity contribution is 0.0746. The van der Waals surface area contributed by atoms with Crippen LogP contribution in [-0.2, 0) is 6.54 Å². The van der Waals surface area contributed by atoms with Crippen molar-refractivity contribution in [2.45, 2.75) is 12.6 Å². The number of ether oxygens (including phenoxy) is 1. The molecule has 0 aliphatic heterocycles. The summed E-state index contributed by atoms with van der Waals surface area (Å²) in [5.74, 6) is 0.655. The number of rotatable bonds is 7. The standard InChI is InChI=1S/C16H17BrN2O2S/c1-19(10-15-6-7-16(17)22-15)9-13(20)11-21-14-4-2-12(8-18)3-5-14/h2-7,13,20H,9-11H2,1H3. The van der Waals surface area contributed by atoms with Gasteiger partial charge < -0.3 is 9.84 Å². The maximum atomic E-state index is 10.0. The fraction of sp³-hybridized carbons (Fsp3) is 0.312. The average Bonchev–Trinajstić information content (AvgIpc) is 2.90. The zero-order valence-corrected chi connectivity index (χ0v) is 14.6. The molecule has 0 saturated heterocycles. The van der Waals surface area contributed by atoms with Crippen LogP contribution >= 0.6 is 27.3 Å². The van der Waals surface area contributed by atoms with Gasteiger partial charge in [-0.2, -0.15) is 5.26 Å². The van der Waals surface area contributed by atoms with Crippen LogP contribution in [0.25, 0.3) is 0 Å². The van der Waals surface area contributed by atoms with Gasteiger partial charge in [0, 0.05) is 18.0 Å². The van der Waals surface area contributed by atoms with E-state index in [0.717, 1.165) is 10.3 Å². The van der Waals surface area contributed by atoms with Crippen LogP contribution in [0, 0.1) is 11.3 Å². The van der Waals surface area contributed by atoms with Crippen molar-refractivity contribution in [3.63, 3.8) is 0 Å². The third kappa shape index (κ3) is 5.43. The first-order valence-corrected chi connectivity index (χ1v) is 8.41. The van der Waals surface area contributed by atoms with Gasteiger partial charge in [0.2, 0.25) is 0 Å². The highest BCUT2D eigenvalue weighted by Crippen LogP contribution is 2.23. The minimum Gasteiger partial charge on any atom is -0.491 e. The molecule has 4 nitrogen and oxygen atoms in total. The molecule has 0 spiro atoms. The smallest absolute Gasteiger partial charge is 0.119 e. The summed E-state index contributed by atoms with van der Waals surface area (Å²) in [6.07, 6.45) is -0.566. The normalized spacial score (nSPS) is 12.1. The van der Waals surface area contributed by atoms with Crippen LogP contribution in [0.5, 0.6) is 5.75 Å². The molecular weight excluding hydrogens is 364 g/mol. The minimum atomic E-state index is -0.566. The largest absolute Gasteiger partial charge is 0.491 e. The molecule has 2 aromatic rings. The summed E-state index contributed by atoms with van der Waals surface area (Å²) >= 11 is 5.14. The fourth-order valence-corrected chi connectivity index (χ4v) is 3.56. The highest BCUT2D eigenvalue weighted by atomic mass is 79.9. The molecule has 6 heteroatoms. The van der Waals surface area contributed by atoms with Crippen molar-refractivity contribution in [1.82, 2.24) is 4.90 Å².